The van der Waals surface area contributed by atoms with E-state index in [9.17, 15) is 5.11 Å². The van der Waals surface area contributed by atoms with E-state index in [4.69, 9.17) is 0 Å². The van der Waals surface area contributed by atoms with Crippen molar-refractivity contribution in [1.29, 1.82) is 0 Å². The molecule has 1 aliphatic heterocycles. The minimum Gasteiger partial charge on any atom is -0.391 e. The molecule has 1 saturated heterocycles. The van der Waals surface area contributed by atoms with Gasteiger partial charge in [-0.25, -0.2) is 0 Å². The molecule has 15 heavy (non-hydrogen) atoms. The molecule has 0 aromatic carbocycles. The van der Waals surface area contributed by atoms with Crippen LogP contribution < -0.4 is 4.90 Å². The normalized spacial score (nSPS) is 21.4. The quantitative estimate of drug-likeness (QED) is 0.797. The third kappa shape index (κ3) is 1.50. The lowest BCUT2D eigenvalue weighted by Crippen LogP contribution is -2.21. The van der Waals surface area contributed by atoms with E-state index in [-0.39, 0.29) is 6.10 Å². The van der Waals surface area contributed by atoms with Crippen molar-refractivity contribution in [2.24, 2.45) is 0 Å². The summed E-state index contributed by atoms with van der Waals surface area (Å²) in [4.78, 5) is 6.55. The molecular weight excluding hydrogens is 208 g/mol. The summed E-state index contributed by atoms with van der Waals surface area (Å²) in [6.07, 6.45) is 2.54. The maximum Gasteiger partial charge on any atom is 0.0830 e. The number of fused-ring (bicyclic) bond motifs is 1. The third-order valence-corrected chi connectivity index (χ3v) is 3.75. The lowest BCUT2D eigenvalue weighted by molar-refractivity contribution is 0.198. The van der Waals surface area contributed by atoms with E-state index in [0.717, 1.165) is 25.0 Å². The number of rotatable bonds is 1. The number of hydrogen-bond acceptors (Lipinski definition) is 4. The number of aliphatic hydroxyl groups is 1. The predicted molar refractivity (Wildman–Crippen MR) is 62.5 cm³/mol. The van der Waals surface area contributed by atoms with Gasteiger partial charge >= 0.3 is 0 Å². The van der Waals surface area contributed by atoms with Gasteiger partial charge in [0.25, 0.3) is 0 Å². The van der Waals surface area contributed by atoms with Gasteiger partial charge in [-0.05, 0) is 23.9 Å². The van der Waals surface area contributed by atoms with Crippen molar-refractivity contribution < 1.29 is 5.11 Å². The van der Waals surface area contributed by atoms with Crippen LogP contribution in [0.15, 0.2) is 23.7 Å². The van der Waals surface area contributed by atoms with Crippen molar-refractivity contribution in [3.8, 4) is 0 Å². The Bertz CT molecular complexity index is 482. The maximum atomic E-state index is 9.53. The molecule has 0 aliphatic carbocycles. The molecule has 0 radical (unpaired) electrons. The van der Waals surface area contributed by atoms with Crippen molar-refractivity contribution in [1.82, 2.24) is 4.98 Å². The smallest absolute Gasteiger partial charge is 0.0830 e. The van der Waals surface area contributed by atoms with Crippen molar-refractivity contribution in [3.63, 3.8) is 0 Å². The summed E-state index contributed by atoms with van der Waals surface area (Å²) in [5.74, 6) is 0. The lowest BCUT2D eigenvalue weighted by Gasteiger charge is -2.18. The van der Waals surface area contributed by atoms with Gasteiger partial charge in [0.2, 0.25) is 0 Å². The number of hydrogen-bond donors (Lipinski definition) is 1. The Morgan fingerprint density at radius 3 is 3.20 bits per heavy atom. The molecule has 78 valence electrons. The highest BCUT2D eigenvalue weighted by Crippen LogP contribution is 2.31. The zero-order chi connectivity index (χ0) is 10.3. The van der Waals surface area contributed by atoms with E-state index in [0.29, 0.717) is 0 Å². The molecule has 3 nitrogen and oxygen atoms in total. The van der Waals surface area contributed by atoms with Crippen LogP contribution in [0.5, 0.6) is 0 Å². The molecule has 2 aromatic heterocycles. The summed E-state index contributed by atoms with van der Waals surface area (Å²) in [7, 11) is 0. The third-order valence-electron chi connectivity index (χ3n) is 2.83. The summed E-state index contributed by atoms with van der Waals surface area (Å²) in [5.41, 5.74) is 2.27. The Balaban J connectivity index is 2.06. The van der Waals surface area contributed by atoms with Gasteiger partial charge < -0.3 is 10.0 Å². The van der Waals surface area contributed by atoms with Crippen LogP contribution >= 0.6 is 11.3 Å². The number of β-amino-alcohol motifs (C(OH)–C–C–N with tert-alkyl or cyclic N) is 1. The number of anilines is 1. The molecular formula is C11H12N2OS. The highest BCUT2D eigenvalue weighted by Gasteiger charge is 2.22. The van der Waals surface area contributed by atoms with E-state index >= 15 is 0 Å². The van der Waals surface area contributed by atoms with Crippen LogP contribution in [0.25, 0.3) is 10.2 Å². The van der Waals surface area contributed by atoms with Crippen molar-refractivity contribution in [2.45, 2.75) is 12.5 Å². The van der Waals surface area contributed by atoms with Gasteiger partial charge in [0.05, 0.1) is 22.0 Å². The lowest BCUT2D eigenvalue weighted by atomic mass is 10.3. The number of aliphatic hydroxyl groups excluding tert-OH is 1. The SMILES string of the molecule is OC1CCN(c2ccnc3ccsc23)C1. The van der Waals surface area contributed by atoms with Crippen molar-refractivity contribution >= 4 is 27.2 Å². The Morgan fingerprint density at radius 1 is 1.47 bits per heavy atom. The molecule has 3 rings (SSSR count). The van der Waals surface area contributed by atoms with Crippen molar-refractivity contribution in [2.75, 3.05) is 18.0 Å². The van der Waals surface area contributed by atoms with Gasteiger partial charge in [0.1, 0.15) is 0 Å². The molecule has 0 saturated carbocycles. The van der Waals surface area contributed by atoms with Crippen LogP contribution in [0.4, 0.5) is 5.69 Å². The Hall–Kier alpha value is -1.13. The molecule has 3 heterocycles. The molecule has 1 aliphatic rings. The molecule has 0 bridgehead atoms. The summed E-state index contributed by atoms with van der Waals surface area (Å²) >= 11 is 1.72. The Morgan fingerprint density at radius 2 is 2.40 bits per heavy atom. The van der Waals surface area contributed by atoms with E-state index in [1.54, 1.807) is 11.3 Å². The second-order valence-electron chi connectivity index (χ2n) is 3.85. The number of pyridine rings is 1. The first-order valence-corrected chi connectivity index (χ1v) is 5.98. The molecule has 1 fully saturated rings. The molecule has 0 amide bonds. The number of nitrogens with zero attached hydrogens (tertiary/aromatic N) is 2. The topological polar surface area (TPSA) is 36.4 Å². The van der Waals surface area contributed by atoms with Crippen LogP contribution in [0.1, 0.15) is 6.42 Å². The monoisotopic (exact) mass is 220 g/mol. The highest BCUT2D eigenvalue weighted by atomic mass is 32.1. The van der Waals surface area contributed by atoms with Crippen LogP contribution in [0, 0.1) is 0 Å². The fraction of sp³-hybridized carbons (Fsp3) is 0.364. The summed E-state index contributed by atoms with van der Waals surface area (Å²) < 4.78 is 1.23. The Labute approximate surface area is 92.0 Å². The second-order valence-corrected chi connectivity index (χ2v) is 4.77. The van der Waals surface area contributed by atoms with Gasteiger partial charge in [-0.1, -0.05) is 0 Å². The highest BCUT2D eigenvalue weighted by molar-refractivity contribution is 7.17. The fourth-order valence-corrected chi connectivity index (χ4v) is 2.96. The van der Waals surface area contributed by atoms with E-state index in [1.807, 2.05) is 18.3 Å². The van der Waals surface area contributed by atoms with Crippen LogP contribution in [0.3, 0.4) is 0 Å². The average Bonchev–Trinajstić information content (AvgIpc) is 2.84. The largest absolute Gasteiger partial charge is 0.391 e. The summed E-state index contributed by atoms with van der Waals surface area (Å²) in [6, 6.07) is 4.08. The fourth-order valence-electron chi connectivity index (χ4n) is 2.07. The predicted octanol–water partition coefficient (Wildman–Crippen LogP) is 1.87. The van der Waals surface area contributed by atoms with Gasteiger partial charge in [0.15, 0.2) is 0 Å². The van der Waals surface area contributed by atoms with Crippen LogP contribution in [-0.2, 0) is 0 Å². The minimum absolute atomic E-state index is 0.173. The zero-order valence-electron chi connectivity index (χ0n) is 8.26. The van der Waals surface area contributed by atoms with E-state index in [1.165, 1.54) is 10.4 Å². The number of thiophene rings is 1. The van der Waals surface area contributed by atoms with Gasteiger partial charge in [-0.3, -0.25) is 4.98 Å². The molecule has 4 heteroatoms. The first-order valence-electron chi connectivity index (χ1n) is 5.10. The molecule has 2 aromatic rings. The van der Waals surface area contributed by atoms with Crippen molar-refractivity contribution in [3.05, 3.63) is 23.7 Å². The molecule has 1 atom stereocenters. The minimum atomic E-state index is -0.173. The Kier molecular flexibility index (Phi) is 2.11. The molecule has 1 N–H and O–H groups in total. The van der Waals surface area contributed by atoms with Gasteiger partial charge in [-0.15, -0.1) is 11.3 Å². The first kappa shape index (κ1) is 9.12. The zero-order valence-corrected chi connectivity index (χ0v) is 9.07. The average molecular weight is 220 g/mol. The summed E-state index contributed by atoms with van der Waals surface area (Å²) in [5, 5.41) is 11.6. The summed E-state index contributed by atoms with van der Waals surface area (Å²) in [6.45, 7) is 1.69. The molecule has 0 spiro atoms. The maximum absolute atomic E-state index is 9.53. The standard InChI is InChI=1S/C11H12N2OS/c14-8-2-5-13(7-8)10-1-4-12-9-3-6-15-11(9)10/h1,3-4,6,8,14H,2,5,7H2. The van der Waals surface area contributed by atoms with Crippen LogP contribution in [0.2, 0.25) is 0 Å². The number of aromatic nitrogens is 1. The molecule has 1 unspecified atom stereocenters. The van der Waals surface area contributed by atoms with E-state index < -0.39 is 0 Å². The van der Waals surface area contributed by atoms with E-state index in [2.05, 4.69) is 15.3 Å². The first-order chi connectivity index (χ1) is 7.34. The van der Waals surface area contributed by atoms with Gasteiger partial charge in [-0.2, -0.15) is 0 Å². The van der Waals surface area contributed by atoms with Crippen LogP contribution in [-0.4, -0.2) is 29.3 Å². The second kappa shape index (κ2) is 3.47. The van der Waals surface area contributed by atoms with Gasteiger partial charge in [0, 0.05) is 19.3 Å².